The van der Waals surface area contributed by atoms with E-state index in [9.17, 15) is 5.11 Å². The van der Waals surface area contributed by atoms with Gasteiger partial charge in [-0.3, -0.25) is 0 Å². The van der Waals surface area contributed by atoms with Crippen LogP contribution in [-0.2, 0) is 5.54 Å². The molecule has 0 bridgehead atoms. The van der Waals surface area contributed by atoms with Crippen molar-refractivity contribution >= 4 is 23.3 Å². The fourth-order valence-electron chi connectivity index (χ4n) is 1.96. The van der Waals surface area contributed by atoms with Crippen molar-refractivity contribution in [2.45, 2.75) is 23.2 Å². The minimum atomic E-state index is -0.437. The van der Waals surface area contributed by atoms with Crippen LogP contribution in [0.3, 0.4) is 0 Å². The summed E-state index contributed by atoms with van der Waals surface area (Å²) in [6.45, 7) is 3.05. The molecule has 6 heteroatoms. The average molecular weight is 309 g/mol. The minimum absolute atomic E-state index is 0.0584. The number of aliphatic hydroxyl groups is 1. The smallest absolute Gasteiger partial charge is 0.169 e. The molecule has 1 aromatic heterocycles. The number of thioether (sulfide) groups is 1. The molecule has 1 heterocycles. The summed E-state index contributed by atoms with van der Waals surface area (Å²) in [5, 5.41) is 13.5. The van der Waals surface area contributed by atoms with Crippen LogP contribution in [0.25, 0.3) is 0 Å². The molecule has 4 nitrogen and oxygen atoms in total. The lowest BCUT2D eigenvalue weighted by Gasteiger charge is -2.33. The van der Waals surface area contributed by atoms with Crippen LogP contribution in [0.5, 0.6) is 0 Å². The largest absolute Gasteiger partial charge is 0.394 e. The van der Waals surface area contributed by atoms with Crippen molar-refractivity contribution in [2.75, 3.05) is 18.9 Å². The molecule has 0 aliphatic carbocycles. The number of hydrogen-bond acceptors (Lipinski definition) is 6. The maximum atomic E-state index is 9.98. The molecule has 20 heavy (non-hydrogen) atoms. The topological polar surface area (TPSA) is 58.0 Å². The van der Waals surface area contributed by atoms with Gasteiger partial charge in [-0.1, -0.05) is 49.0 Å². The Kier molecular flexibility index (Phi) is 5.97. The van der Waals surface area contributed by atoms with Gasteiger partial charge in [0, 0.05) is 5.75 Å². The number of rotatable bonds is 8. The van der Waals surface area contributed by atoms with E-state index in [2.05, 4.69) is 33.7 Å². The molecular formula is C14H19N3OS2. The Morgan fingerprint density at radius 1 is 1.35 bits per heavy atom. The number of aromatic nitrogens is 2. The Hall–Kier alpha value is -0.950. The number of hydrogen-bond donors (Lipinski definition) is 2. The van der Waals surface area contributed by atoms with Crippen molar-refractivity contribution in [1.29, 1.82) is 0 Å². The zero-order valence-electron chi connectivity index (χ0n) is 11.5. The van der Waals surface area contributed by atoms with Crippen LogP contribution < -0.4 is 5.32 Å². The van der Waals surface area contributed by atoms with E-state index in [0.717, 1.165) is 28.6 Å². The minimum Gasteiger partial charge on any atom is -0.394 e. The van der Waals surface area contributed by atoms with Gasteiger partial charge in [0.1, 0.15) is 6.33 Å². The van der Waals surface area contributed by atoms with E-state index in [1.54, 1.807) is 18.1 Å². The first-order chi connectivity index (χ1) is 9.80. The molecule has 1 atom stereocenters. The molecule has 0 spiro atoms. The fraction of sp³-hybridized carbons (Fsp3) is 0.429. The van der Waals surface area contributed by atoms with Gasteiger partial charge in [-0.15, -0.1) is 0 Å². The van der Waals surface area contributed by atoms with Crippen molar-refractivity contribution < 1.29 is 5.11 Å². The van der Waals surface area contributed by atoms with E-state index < -0.39 is 5.54 Å². The second-order valence-electron chi connectivity index (χ2n) is 4.53. The van der Waals surface area contributed by atoms with E-state index in [-0.39, 0.29) is 6.61 Å². The molecule has 0 amide bonds. The Morgan fingerprint density at radius 3 is 2.75 bits per heavy atom. The maximum Gasteiger partial charge on any atom is 0.169 e. The maximum absolute atomic E-state index is 9.98. The summed E-state index contributed by atoms with van der Waals surface area (Å²) in [5.41, 5.74) is 0.668. The van der Waals surface area contributed by atoms with Gasteiger partial charge in [0.2, 0.25) is 0 Å². The van der Waals surface area contributed by atoms with Crippen LogP contribution >= 0.6 is 23.3 Å². The standard InChI is InChI=1S/C14H19N3OS2/c1-2-8-16-14(9-18,12-6-4-3-5-7-12)10-19-13-15-11-17-20-13/h3-7,11,16,18H,2,8-10H2,1H3. The lowest BCUT2D eigenvalue weighted by Crippen LogP contribution is -2.48. The quantitative estimate of drug-likeness (QED) is 0.734. The van der Waals surface area contributed by atoms with E-state index in [4.69, 9.17) is 0 Å². The van der Waals surface area contributed by atoms with Crippen molar-refractivity contribution in [2.24, 2.45) is 0 Å². The lowest BCUT2D eigenvalue weighted by molar-refractivity contribution is 0.179. The summed E-state index contributed by atoms with van der Waals surface area (Å²) in [7, 11) is 0. The van der Waals surface area contributed by atoms with Crippen LogP contribution in [0.1, 0.15) is 18.9 Å². The molecule has 0 fully saturated rings. The first-order valence-corrected chi connectivity index (χ1v) is 8.37. The fourth-order valence-corrected chi connectivity index (χ4v) is 3.61. The molecule has 2 N–H and O–H groups in total. The summed E-state index contributed by atoms with van der Waals surface area (Å²) in [5.74, 6) is 0.725. The molecule has 1 unspecified atom stereocenters. The summed E-state index contributed by atoms with van der Waals surface area (Å²) >= 11 is 3.01. The van der Waals surface area contributed by atoms with Gasteiger partial charge in [0.25, 0.3) is 0 Å². The first-order valence-electron chi connectivity index (χ1n) is 6.61. The second kappa shape index (κ2) is 7.73. The summed E-state index contributed by atoms with van der Waals surface area (Å²) in [6.07, 6.45) is 2.59. The zero-order valence-corrected chi connectivity index (χ0v) is 13.1. The average Bonchev–Trinajstić information content (AvgIpc) is 3.02. The van der Waals surface area contributed by atoms with E-state index in [0.29, 0.717) is 0 Å². The Labute approximate surface area is 127 Å². The van der Waals surface area contributed by atoms with Crippen LogP contribution in [-0.4, -0.2) is 33.4 Å². The Balaban J connectivity index is 2.17. The normalized spacial score (nSPS) is 14.1. The first kappa shape index (κ1) is 15.4. The van der Waals surface area contributed by atoms with Crippen LogP contribution in [0.2, 0.25) is 0 Å². The van der Waals surface area contributed by atoms with Gasteiger partial charge in [-0.25, -0.2) is 4.98 Å². The van der Waals surface area contributed by atoms with Crippen LogP contribution in [0.15, 0.2) is 41.0 Å². The number of aliphatic hydroxyl groups excluding tert-OH is 1. The summed E-state index contributed by atoms with van der Waals surface area (Å²) in [6, 6.07) is 10.1. The molecule has 0 aliphatic heterocycles. The van der Waals surface area contributed by atoms with Crippen molar-refractivity contribution in [1.82, 2.24) is 14.7 Å². The number of benzene rings is 1. The molecule has 1 aromatic carbocycles. The van der Waals surface area contributed by atoms with E-state index in [1.807, 2.05) is 18.2 Å². The van der Waals surface area contributed by atoms with Crippen molar-refractivity contribution in [3.8, 4) is 0 Å². The number of nitrogens with zero attached hydrogens (tertiary/aromatic N) is 2. The van der Waals surface area contributed by atoms with Crippen LogP contribution in [0.4, 0.5) is 0 Å². The monoisotopic (exact) mass is 309 g/mol. The van der Waals surface area contributed by atoms with Crippen molar-refractivity contribution in [3.63, 3.8) is 0 Å². The molecule has 0 saturated heterocycles. The van der Waals surface area contributed by atoms with E-state index >= 15 is 0 Å². The molecule has 0 saturated carbocycles. The third-order valence-corrected chi connectivity index (χ3v) is 5.12. The third kappa shape index (κ3) is 3.79. The Bertz CT molecular complexity index is 492. The highest BCUT2D eigenvalue weighted by Gasteiger charge is 2.31. The summed E-state index contributed by atoms with van der Waals surface area (Å²) in [4.78, 5) is 4.19. The van der Waals surface area contributed by atoms with Crippen molar-refractivity contribution in [3.05, 3.63) is 42.2 Å². The second-order valence-corrected chi connectivity index (χ2v) is 6.53. The van der Waals surface area contributed by atoms with Gasteiger partial charge in [-0.05, 0) is 30.1 Å². The molecule has 108 valence electrons. The van der Waals surface area contributed by atoms with Gasteiger partial charge < -0.3 is 10.4 Å². The van der Waals surface area contributed by atoms with Crippen LogP contribution in [0, 0.1) is 0 Å². The van der Waals surface area contributed by atoms with Gasteiger partial charge in [0.15, 0.2) is 4.34 Å². The lowest BCUT2D eigenvalue weighted by atomic mass is 9.92. The highest BCUT2D eigenvalue weighted by atomic mass is 32.2. The highest BCUT2D eigenvalue weighted by Crippen LogP contribution is 2.30. The highest BCUT2D eigenvalue weighted by molar-refractivity contribution is 8.01. The Morgan fingerprint density at radius 2 is 2.15 bits per heavy atom. The third-order valence-electron chi connectivity index (χ3n) is 3.09. The predicted molar refractivity (Wildman–Crippen MR) is 84.1 cm³/mol. The zero-order chi connectivity index (χ0) is 14.3. The summed E-state index contributed by atoms with van der Waals surface area (Å²) < 4.78 is 4.94. The number of nitrogens with one attached hydrogen (secondary N) is 1. The molecule has 0 aliphatic rings. The molecule has 2 rings (SSSR count). The van der Waals surface area contributed by atoms with Gasteiger partial charge >= 0.3 is 0 Å². The molecule has 2 aromatic rings. The predicted octanol–water partition coefficient (Wildman–Crippen LogP) is 2.52. The SMILES string of the molecule is CCCNC(CO)(CSc1ncns1)c1ccccc1. The van der Waals surface area contributed by atoms with Gasteiger partial charge in [-0.2, -0.15) is 4.37 Å². The van der Waals surface area contributed by atoms with Gasteiger partial charge in [0.05, 0.1) is 12.1 Å². The molecular weight excluding hydrogens is 290 g/mol. The van der Waals surface area contributed by atoms with E-state index in [1.165, 1.54) is 11.5 Å². The molecule has 0 radical (unpaired) electrons.